The van der Waals surface area contributed by atoms with Crippen LogP contribution in [0.5, 0.6) is 0 Å². The topological polar surface area (TPSA) is 141 Å². The van der Waals surface area contributed by atoms with Gasteiger partial charge in [0.15, 0.2) is 0 Å². The molecule has 2 aliphatic rings. The van der Waals surface area contributed by atoms with E-state index in [0.29, 0.717) is 70.7 Å². The number of carbonyl (C=O) groups is 2. The number of fused-ring (bicyclic) bond motifs is 1. The van der Waals surface area contributed by atoms with Crippen molar-refractivity contribution in [2.75, 3.05) is 40.3 Å². The molecule has 480 valence electrons. The highest BCUT2D eigenvalue weighted by atomic mass is 16.1. The molecule has 1 atom stereocenters. The second kappa shape index (κ2) is 38.5. The van der Waals surface area contributed by atoms with E-state index >= 15 is 0 Å². The fraction of sp³-hybridized carbons (Fsp3) is 0.736. The molecular weight excluding hydrogens is 1050 g/mol. The number of likely N-dealkylation sites (tertiary alicyclic amines) is 2. The minimum absolute atomic E-state index is 0.214. The number of Topliss-reactive ketones (excluding diaryl/α,β-unsaturated/α-hetero) is 2. The summed E-state index contributed by atoms with van der Waals surface area (Å²) in [5.41, 5.74) is 14.3. The maximum atomic E-state index is 11.6. The van der Waals surface area contributed by atoms with E-state index in [4.69, 9.17) is 15.0 Å². The van der Waals surface area contributed by atoms with Crippen LogP contribution in [-0.4, -0.2) is 107 Å². The summed E-state index contributed by atoms with van der Waals surface area (Å²) in [4.78, 5) is 43.7. The number of benzene rings is 1. The molecule has 7 rings (SSSR count). The van der Waals surface area contributed by atoms with Crippen LogP contribution in [-0.2, 0) is 75.1 Å². The number of carbonyl (C=O) groups excluding carboxylic acids is 2. The summed E-state index contributed by atoms with van der Waals surface area (Å²) in [6, 6.07) is 10.7. The predicted octanol–water partition coefficient (Wildman–Crippen LogP) is 15.3. The molecule has 0 aliphatic carbocycles. The SMILES string of the molecule is CC(C)C(=O)C1CCN(C)C1.CC(C)C(=O)C1CCN(C)CC1.CC(C)Cc1nn(C)nc1CC(C)C.CC(C)Cc1nnn(C)c1CC(C)C.Cc1cc(CC(C)C)nc(CC(C)C)c1.Cc1ccc2nc(CC(C)C)c(CC(C)C)nc2c1. The van der Waals surface area contributed by atoms with Gasteiger partial charge in [-0.2, -0.15) is 15.0 Å². The van der Waals surface area contributed by atoms with Crippen molar-refractivity contribution in [3.63, 3.8) is 0 Å². The molecule has 13 heteroatoms. The average molecular weight is 1180 g/mol. The van der Waals surface area contributed by atoms with Gasteiger partial charge in [0.2, 0.25) is 0 Å². The molecule has 1 aromatic carbocycles. The molecule has 1 unspecified atom stereocenters. The molecule has 2 aliphatic heterocycles. The summed E-state index contributed by atoms with van der Waals surface area (Å²) in [6.45, 7) is 52.1. The number of pyridine rings is 1. The average Bonchev–Trinajstić information content (AvgIpc) is 4.29. The smallest absolute Gasteiger partial charge is 0.139 e. The van der Waals surface area contributed by atoms with E-state index in [1.807, 2.05) is 46.5 Å². The van der Waals surface area contributed by atoms with E-state index in [1.54, 1.807) is 4.80 Å². The molecule has 0 radical (unpaired) electrons. The normalized spacial score (nSPS) is 14.9. The van der Waals surface area contributed by atoms with Gasteiger partial charge < -0.3 is 9.80 Å². The molecular formula is C72H125N11O2. The van der Waals surface area contributed by atoms with Crippen molar-refractivity contribution in [1.29, 1.82) is 0 Å². The van der Waals surface area contributed by atoms with Crippen LogP contribution in [0.2, 0.25) is 0 Å². The van der Waals surface area contributed by atoms with Crippen LogP contribution in [0.3, 0.4) is 0 Å². The highest BCUT2D eigenvalue weighted by Gasteiger charge is 2.28. The second-order valence-electron chi connectivity index (χ2n) is 29.1. The molecule has 5 aromatic rings. The van der Waals surface area contributed by atoms with Gasteiger partial charge in [-0.15, -0.1) is 5.10 Å². The Bertz CT molecular complexity index is 2620. The molecule has 4 aromatic heterocycles. The van der Waals surface area contributed by atoms with Gasteiger partial charge in [0.05, 0.1) is 45.2 Å². The second-order valence-corrected chi connectivity index (χ2v) is 29.1. The van der Waals surface area contributed by atoms with E-state index in [9.17, 15) is 9.59 Å². The summed E-state index contributed by atoms with van der Waals surface area (Å²) in [5, 5.41) is 17.1. The molecule has 6 heterocycles. The number of nitrogens with zero attached hydrogens (tertiary/aromatic N) is 11. The maximum Gasteiger partial charge on any atom is 0.139 e. The van der Waals surface area contributed by atoms with Crippen LogP contribution >= 0.6 is 0 Å². The van der Waals surface area contributed by atoms with Gasteiger partial charge in [-0.25, -0.2) is 9.97 Å². The summed E-state index contributed by atoms with van der Waals surface area (Å²) in [7, 11) is 8.08. The lowest BCUT2D eigenvalue weighted by Crippen LogP contribution is -2.34. The van der Waals surface area contributed by atoms with Gasteiger partial charge in [-0.3, -0.25) is 19.3 Å². The summed E-state index contributed by atoms with van der Waals surface area (Å²) < 4.78 is 1.91. The van der Waals surface area contributed by atoms with Crippen molar-refractivity contribution in [2.45, 2.75) is 223 Å². The highest BCUT2D eigenvalue weighted by Crippen LogP contribution is 2.23. The Morgan fingerprint density at radius 2 is 0.824 bits per heavy atom. The van der Waals surface area contributed by atoms with E-state index < -0.39 is 0 Å². The standard InChI is InChI=1S/C17H24N2.C14H23N.2C11H21N3.C10H19NO.C9H17NO/c1-11(2)8-15-16(9-12(3)4)19-17-10-13(5)6-7-14(17)18-15;1-10(2)6-13-8-12(5)9-14(15-13)7-11(3)4;1-8(2)6-10-11(7-9(3)4)14(5)13-12-10;1-8(2)6-10-11(7-9(3)4)13-14(5)12-10;1-8(2)10(12)9-4-6-11(3)7-5-9;1-7(2)9(11)8-4-5-10(3)6-8/h6-7,10-12H,8-9H2,1-5H3;8-11H,6-7H2,1-5H3;2*8-9H,6-7H2,1-5H3;8-9H,4-7H2,1-3H3;7-8H,4-6H2,1-3H3. The molecule has 0 saturated carbocycles. The zero-order valence-corrected chi connectivity index (χ0v) is 59.2. The van der Waals surface area contributed by atoms with Crippen molar-refractivity contribution in [3.8, 4) is 0 Å². The first-order valence-electron chi connectivity index (χ1n) is 33.1. The van der Waals surface area contributed by atoms with Crippen molar-refractivity contribution in [3.05, 3.63) is 87.0 Å². The van der Waals surface area contributed by atoms with Crippen LogP contribution < -0.4 is 0 Å². The zero-order chi connectivity index (χ0) is 64.4. The minimum atomic E-state index is 0.214. The molecule has 13 nitrogen and oxygen atoms in total. The third-order valence-corrected chi connectivity index (χ3v) is 14.8. The van der Waals surface area contributed by atoms with Crippen molar-refractivity contribution in [2.24, 2.45) is 85.1 Å². The van der Waals surface area contributed by atoms with Gasteiger partial charge in [-0.1, -0.05) is 150 Å². The lowest BCUT2D eigenvalue weighted by Gasteiger charge is -2.28. The largest absolute Gasteiger partial charge is 0.306 e. The molecule has 2 fully saturated rings. The van der Waals surface area contributed by atoms with Crippen molar-refractivity contribution >= 4 is 22.6 Å². The van der Waals surface area contributed by atoms with E-state index in [2.05, 4.69) is 199 Å². The summed E-state index contributed by atoms with van der Waals surface area (Å²) in [5.74, 6) is 7.22. The Labute approximate surface area is 519 Å². The lowest BCUT2D eigenvalue weighted by atomic mass is 9.87. The van der Waals surface area contributed by atoms with E-state index in [0.717, 1.165) is 108 Å². The Morgan fingerprint density at radius 1 is 0.435 bits per heavy atom. The monoisotopic (exact) mass is 1180 g/mol. The summed E-state index contributed by atoms with van der Waals surface area (Å²) in [6.07, 6.45) is 11.6. The van der Waals surface area contributed by atoms with Gasteiger partial charge in [-0.05, 0) is 201 Å². The molecule has 0 N–H and O–H groups in total. The number of aryl methyl sites for hydroxylation is 4. The van der Waals surface area contributed by atoms with Gasteiger partial charge >= 0.3 is 0 Å². The zero-order valence-electron chi connectivity index (χ0n) is 59.2. The van der Waals surface area contributed by atoms with Crippen LogP contribution in [0.15, 0.2) is 30.3 Å². The Kier molecular flexibility index (Phi) is 34.6. The molecule has 0 spiro atoms. The Morgan fingerprint density at radius 3 is 1.24 bits per heavy atom. The maximum absolute atomic E-state index is 11.6. The number of aromatic nitrogens is 9. The van der Waals surface area contributed by atoms with Gasteiger partial charge in [0.25, 0.3) is 0 Å². The fourth-order valence-corrected chi connectivity index (χ4v) is 10.8. The summed E-state index contributed by atoms with van der Waals surface area (Å²) >= 11 is 0. The predicted molar refractivity (Wildman–Crippen MR) is 359 cm³/mol. The minimum Gasteiger partial charge on any atom is -0.306 e. The number of piperidine rings is 1. The Hall–Kier alpha value is -4.75. The van der Waals surface area contributed by atoms with E-state index in [-0.39, 0.29) is 11.8 Å². The van der Waals surface area contributed by atoms with Crippen LogP contribution in [0.4, 0.5) is 0 Å². The van der Waals surface area contributed by atoms with Crippen molar-refractivity contribution in [1.82, 2.24) is 54.7 Å². The highest BCUT2D eigenvalue weighted by molar-refractivity contribution is 5.83. The van der Waals surface area contributed by atoms with Gasteiger partial charge in [0.1, 0.15) is 11.6 Å². The number of hydrogen-bond donors (Lipinski definition) is 0. The molecule has 85 heavy (non-hydrogen) atoms. The number of rotatable bonds is 20. The fourth-order valence-electron chi connectivity index (χ4n) is 10.8. The van der Waals surface area contributed by atoms with Crippen LogP contribution in [0, 0.1) is 84.9 Å². The van der Waals surface area contributed by atoms with Gasteiger partial charge in [0, 0.05) is 55.7 Å². The quantitative estimate of drug-likeness (QED) is 0.0735. The lowest BCUT2D eigenvalue weighted by molar-refractivity contribution is -0.127. The molecule has 0 bridgehead atoms. The first kappa shape index (κ1) is 76.3. The third kappa shape index (κ3) is 30.6. The Balaban J connectivity index is 0.000000351. The molecule has 2 saturated heterocycles. The van der Waals surface area contributed by atoms with E-state index in [1.165, 1.54) is 56.7 Å². The van der Waals surface area contributed by atoms with Crippen LogP contribution in [0.1, 0.15) is 214 Å². The van der Waals surface area contributed by atoms with Crippen molar-refractivity contribution < 1.29 is 9.59 Å². The first-order chi connectivity index (χ1) is 39.6. The third-order valence-electron chi connectivity index (χ3n) is 14.8. The number of ketones is 2. The van der Waals surface area contributed by atoms with Crippen LogP contribution in [0.25, 0.3) is 11.0 Å². The number of hydrogen-bond acceptors (Lipinski definition) is 11. The first-order valence-corrected chi connectivity index (χ1v) is 33.1. The molecule has 0 amide bonds.